The molecule has 258 valence electrons. The Morgan fingerprint density at radius 1 is 0.377 bits per heavy atom. The molecule has 0 saturated heterocycles. The van der Waals surface area contributed by atoms with Gasteiger partial charge in [-0.05, 0) is 146 Å². The first-order valence-electron chi connectivity index (χ1n) is 18.4. The molecule has 0 aromatic heterocycles. The van der Waals surface area contributed by atoms with E-state index in [2.05, 4.69) is 197 Å². The molecule has 9 rings (SSSR count). The molecule has 0 radical (unpaired) electrons. The van der Waals surface area contributed by atoms with Crippen LogP contribution in [0.3, 0.4) is 0 Å². The average Bonchev–Trinajstić information content (AvgIpc) is 3.15. The van der Waals surface area contributed by atoms with E-state index in [1.165, 1.54) is 66.5 Å². The molecule has 1 aliphatic heterocycles. The van der Waals surface area contributed by atoms with Gasteiger partial charge in [-0.25, -0.2) is 0 Å². The molecule has 1 aliphatic rings. The largest absolute Gasteiger partial charge is 0.456 e. The second kappa shape index (κ2) is 12.7. The summed E-state index contributed by atoms with van der Waals surface area (Å²) in [5, 5.41) is 4.74. The van der Waals surface area contributed by atoms with Crippen molar-refractivity contribution in [2.75, 3.05) is 9.80 Å². The molecule has 8 aromatic carbocycles. The van der Waals surface area contributed by atoms with Crippen LogP contribution in [0.25, 0.3) is 32.7 Å². The highest BCUT2D eigenvalue weighted by molar-refractivity contribution is 6.18. The van der Waals surface area contributed by atoms with E-state index in [1.54, 1.807) is 0 Å². The van der Waals surface area contributed by atoms with Crippen molar-refractivity contribution >= 4 is 55.7 Å². The van der Waals surface area contributed by atoms with Gasteiger partial charge >= 0.3 is 0 Å². The number of nitrogens with zero attached hydrogens (tertiary/aromatic N) is 2. The molecule has 8 aromatic rings. The summed E-state index contributed by atoms with van der Waals surface area (Å²) in [7, 11) is 0. The van der Waals surface area contributed by atoms with Crippen molar-refractivity contribution in [2.45, 2.75) is 41.5 Å². The molecule has 0 atom stereocenters. The molecule has 0 N–H and O–H groups in total. The van der Waals surface area contributed by atoms with Crippen molar-refractivity contribution in [3.05, 3.63) is 179 Å². The maximum Gasteiger partial charge on any atom is 0.137 e. The van der Waals surface area contributed by atoms with Gasteiger partial charge in [0.05, 0.1) is 11.4 Å². The minimum Gasteiger partial charge on any atom is -0.456 e. The predicted molar refractivity (Wildman–Crippen MR) is 225 cm³/mol. The van der Waals surface area contributed by atoms with Crippen molar-refractivity contribution < 1.29 is 4.74 Å². The van der Waals surface area contributed by atoms with Gasteiger partial charge in [-0.15, -0.1) is 0 Å². The normalized spacial score (nSPS) is 11.7. The number of anilines is 6. The van der Waals surface area contributed by atoms with Crippen molar-refractivity contribution in [1.29, 1.82) is 0 Å². The first kappa shape index (κ1) is 32.6. The molecular weight excluding hydrogens is 645 g/mol. The van der Waals surface area contributed by atoms with Crippen LogP contribution in [0, 0.1) is 41.5 Å². The molecule has 0 unspecified atom stereocenters. The lowest BCUT2D eigenvalue weighted by molar-refractivity contribution is 0.487. The third-order valence-corrected chi connectivity index (χ3v) is 10.7. The van der Waals surface area contributed by atoms with Crippen LogP contribution in [0.4, 0.5) is 34.1 Å². The molecule has 0 spiro atoms. The van der Waals surface area contributed by atoms with Gasteiger partial charge in [0, 0.05) is 39.8 Å². The van der Waals surface area contributed by atoms with Crippen molar-refractivity contribution in [1.82, 2.24) is 0 Å². The number of aryl methyl sites for hydroxylation is 6. The van der Waals surface area contributed by atoms with E-state index in [0.717, 1.165) is 45.2 Å². The predicted octanol–water partition coefficient (Wildman–Crippen LogP) is 14.6. The van der Waals surface area contributed by atoms with E-state index in [1.807, 2.05) is 0 Å². The second-order valence-electron chi connectivity index (χ2n) is 14.6. The molecular formula is C50H42N2O. The highest BCUT2D eigenvalue weighted by Crippen LogP contribution is 2.52. The SMILES string of the molecule is Cc1cc(C)c(N(c2ccccc2)c2ccc3c(c2)Oc2cccc4c2c-3cc2ccc(N(c3ccccc3)c3c(C)cc(C)cc3C)cc24)c(C)c1. The van der Waals surface area contributed by atoms with E-state index in [9.17, 15) is 0 Å². The zero-order valence-electron chi connectivity index (χ0n) is 31.2. The number of fused-ring (bicyclic) bond motifs is 4. The Kier molecular flexibility index (Phi) is 7.82. The third kappa shape index (κ3) is 5.52. The third-order valence-electron chi connectivity index (χ3n) is 10.7. The Morgan fingerprint density at radius 3 is 1.47 bits per heavy atom. The highest BCUT2D eigenvalue weighted by atomic mass is 16.5. The molecule has 1 heterocycles. The summed E-state index contributed by atoms with van der Waals surface area (Å²) in [6.07, 6.45) is 0. The zero-order valence-corrected chi connectivity index (χ0v) is 31.2. The molecule has 3 nitrogen and oxygen atoms in total. The van der Waals surface area contributed by atoms with Gasteiger partial charge in [0.2, 0.25) is 0 Å². The van der Waals surface area contributed by atoms with Gasteiger partial charge in [-0.1, -0.05) is 90.0 Å². The van der Waals surface area contributed by atoms with Crippen molar-refractivity contribution in [2.24, 2.45) is 0 Å². The smallest absolute Gasteiger partial charge is 0.137 e. The van der Waals surface area contributed by atoms with Crippen molar-refractivity contribution in [3.63, 3.8) is 0 Å². The zero-order chi connectivity index (χ0) is 36.4. The Labute approximate surface area is 312 Å². The fraction of sp³-hybridized carbons (Fsp3) is 0.120. The Balaban J connectivity index is 1.21. The van der Waals surface area contributed by atoms with Crippen molar-refractivity contribution in [3.8, 4) is 22.6 Å². The second-order valence-corrected chi connectivity index (χ2v) is 14.6. The van der Waals surface area contributed by atoms with Crippen LogP contribution in [-0.2, 0) is 0 Å². The monoisotopic (exact) mass is 686 g/mol. The van der Waals surface area contributed by atoms with Crippen LogP contribution in [-0.4, -0.2) is 0 Å². The highest BCUT2D eigenvalue weighted by Gasteiger charge is 2.25. The van der Waals surface area contributed by atoms with Crippen LogP contribution in [0.15, 0.2) is 146 Å². The molecule has 0 aliphatic carbocycles. The molecule has 0 bridgehead atoms. The van der Waals surface area contributed by atoms with Crippen LogP contribution in [0.2, 0.25) is 0 Å². The van der Waals surface area contributed by atoms with Gasteiger partial charge in [-0.3, -0.25) is 0 Å². The lowest BCUT2D eigenvalue weighted by Gasteiger charge is -2.31. The molecule has 53 heavy (non-hydrogen) atoms. The first-order chi connectivity index (χ1) is 25.7. The minimum atomic E-state index is 0.863. The maximum absolute atomic E-state index is 6.86. The molecule has 0 amide bonds. The Bertz CT molecular complexity index is 2670. The first-order valence-corrected chi connectivity index (χ1v) is 18.4. The summed E-state index contributed by atoms with van der Waals surface area (Å²) in [6, 6.07) is 52.8. The van der Waals surface area contributed by atoms with E-state index in [0.29, 0.717) is 0 Å². The Hall–Kier alpha value is -6.32. The summed E-state index contributed by atoms with van der Waals surface area (Å²) in [6.45, 7) is 13.2. The summed E-state index contributed by atoms with van der Waals surface area (Å²) in [4.78, 5) is 4.77. The number of benzene rings is 8. The summed E-state index contributed by atoms with van der Waals surface area (Å²) in [5.74, 6) is 1.75. The van der Waals surface area contributed by atoms with Crippen LogP contribution < -0.4 is 14.5 Å². The number of hydrogen-bond acceptors (Lipinski definition) is 3. The van der Waals surface area contributed by atoms with Crippen LogP contribution in [0.5, 0.6) is 11.5 Å². The Morgan fingerprint density at radius 2 is 0.906 bits per heavy atom. The summed E-state index contributed by atoms with van der Waals surface area (Å²) in [5.41, 5.74) is 16.7. The van der Waals surface area contributed by atoms with E-state index >= 15 is 0 Å². The number of para-hydroxylation sites is 2. The lowest BCUT2D eigenvalue weighted by atomic mass is 9.90. The number of ether oxygens (including phenoxy) is 1. The standard InChI is InChI=1S/C50H42N2O/c1-31-24-33(3)49(34(4)25-31)51(38-14-9-7-10-15-38)40-21-20-37-28-45-42-23-22-41(30-47(42)53-46-19-13-18-43(48(45)46)44(37)29-40)52(39-16-11-8-12-17-39)50-35(5)26-32(2)27-36(50)6/h7-30H,1-6H3. The molecule has 0 saturated carbocycles. The summed E-state index contributed by atoms with van der Waals surface area (Å²) >= 11 is 0. The number of rotatable bonds is 6. The maximum atomic E-state index is 6.86. The van der Waals surface area contributed by atoms with E-state index in [4.69, 9.17) is 4.74 Å². The van der Waals surface area contributed by atoms with Crippen LogP contribution in [0.1, 0.15) is 33.4 Å². The van der Waals surface area contributed by atoms with E-state index < -0.39 is 0 Å². The van der Waals surface area contributed by atoms with Gasteiger partial charge < -0.3 is 14.5 Å². The average molecular weight is 687 g/mol. The van der Waals surface area contributed by atoms with E-state index in [-0.39, 0.29) is 0 Å². The fourth-order valence-corrected chi connectivity index (χ4v) is 8.70. The van der Waals surface area contributed by atoms with Crippen LogP contribution >= 0.6 is 0 Å². The molecule has 0 fully saturated rings. The molecule has 3 heteroatoms. The topological polar surface area (TPSA) is 15.7 Å². The fourth-order valence-electron chi connectivity index (χ4n) is 8.70. The quantitative estimate of drug-likeness (QED) is 0.162. The van der Waals surface area contributed by atoms with Gasteiger partial charge in [0.15, 0.2) is 0 Å². The van der Waals surface area contributed by atoms with Gasteiger partial charge in [0.25, 0.3) is 0 Å². The van der Waals surface area contributed by atoms with Gasteiger partial charge in [0.1, 0.15) is 11.5 Å². The number of hydrogen-bond donors (Lipinski definition) is 0. The minimum absolute atomic E-state index is 0.863. The summed E-state index contributed by atoms with van der Waals surface area (Å²) < 4.78 is 6.86. The lowest BCUT2D eigenvalue weighted by Crippen LogP contribution is -2.13. The van der Waals surface area contributed by atoms with Gasteiger partial charge in [-0.2, -0.15) is 0 Å².